The summed E-state index contributed by atoms with van der Waals surface area (Å²) in [5, 5.41) is 11.4. The highest BCUT2D eigenvalue weighted by molar-refractivity contribution is 6.46. The number of ketones is 1. The van der Waals surface area contributed by atoms with Crippen molar-refractivity contribution in [3.05, 3.63) is 59.2 Å². The molecule has 0 saturated carbocycles. The largest absolute Gasteiger partial charge is 0.507 e. The van der Waals surface area contributed by atoms with Crippen LogP contribution in [0, 0.1) is 0 Å². The maximum Gasteiger partial charge on any atom is 0.295 e. The Morgan fingerprint density at radius 2 is 1.65 bits per heavy atom. The summed E-state index contributed by atoms with van der Waals surface area (Å²) < 4.78 is 22.7. The maximum absolute atomic E-state index is 13.5. The third-order valence-electron chi connectivity index (χ3n) is 7.00. The van der Waals surface area contributed by atoms with Crippen LogP contribution in [-0.2, 0) is 14.3 Å². The van der Waals surface area contributed by atoms with Gasteiger partial charge in [-0.1, -0.05) is 13.0 Å². The van der Waals surface area contributed by atoms with Gasteiger partial charge < -0.3 is 29.0 Å². The van der Waals surface area contributed by atoms with E-state index in [1.807, 2.05) is 32.9 Å². The van der Waals surface area contributed by atoms with Crippen molar-refractivity contribution in [1.29, 1.82) is 0 Å². The zero-order chi connectivity index (χ0) is 28.5. The smallest absolute Gasteiger partial charge is 0.295 e. The Morgan fingerprint density at radius 1 is 0.925 bits per heavy atom. The summed E-state index contributed by atoms with van der Waals surface area (Å²) in [7, 11) is 0. The van der Waals surface area contributed by atoms with E-state index in [9.17, 15) is 14.7 Å². The van der Waals surface area contributed by atoms with E-state index >= 15 is 0 Å². The van der Waals surface area contributed by atoms with E-state index in [-0.39, 0.29) is 11.3 Å². The molecule has 0 bridgehead atoms. The molecule has 4 rings (SSSR count). The van der Waals surface area contributed by atoms with Gasteiger partial charge in [0.25, 0.3) is 11.7 Å². The minimum absolute atomic E-state index is 0.0604. The van der Waals surface area contributed by atoms with Crippen LogP contribution in [0.4, 0.5) is 0 Å². The third-order valence-corrected chi connectivity index (χ3v) is 7.00. The molecule has 9 nitrogen and oxygen atoms in total. The van der Waals surface area contributed by atoms with Crippen molar-refractivity contribution >= 4 is 17.4 Å². The van der Waals surface area contributed by atoms with Crippen molar-refractivity contribution < 1.29 is 33.6 Å². The van der Waals surface area contributed by atoms with Crippen LogP contribution in [0.5, 0.6) is 17.2 Å². The van der Waals surface area contributed by atoms with Gasteiger partial charge in [-0.2, -0.15) is 0 Å². The summed E-state index contributed by atoms with van der Waals surface area (Å²) in [5.41, 5.74) is 1.17. The predicted octanol–water partition coefficient (Wildman–Crippen LogP) is 4.42. The monoisotopic (exact) mass is 552 g/mol. The Labute approximate surface area is 236 Å². The lowest BCUT2D eigenvalue weighted by Gasteiger charge is -2.29. The molecule has 0 spiro atoms. The van der Waals surface area contributed by atoms with Crippen molar-refractivity contribution in [2.45, 2.75) is 39.7 Å². The zero-order valence-corrected chi connectivity index (χ0v) is 23.7. The van der Waals surface area contributed by atoms with Crippen molar-refractivity contribution in [2.75, 3.05) is 59.2 Å². The number of hydrogen-bond acceptors (Lipinski definition) is 8. The van der Waals surface area contributed by atoms with Gasteiger partial charge in [-0.15, -0.1) is 0 Å². The number of carbonyl (C=O) groups is 2. The van der Waals surface area contributed by atoms with E-state index in [0.717, 1.165) is 26.1 Å². The summed E-state index contributed by atoms with van der Waals surface area (Å²) in [6, 6.07) is 11.5. The lowest BCUT2D eigenvalue weighted by atomic mass is 9.95. The van der Waals surface area contributed by atoms with Gasteiger partial charge in [-0.3, -0.25) is 14.5 Å². The Morgan fingerprint density at radius 3 is 2.33 bits per heavy atom. The van der Waals surface area contributed by atoms with Crippen LogP contribution in [0.3, 0.4) is 0 Å². The molecule has 2 heterocycles. The van der Waals surface area contributed by atoms with Gasteiger partial charge in [-0.25, -0.2) is 0 Å². The van der Waals surface area contributed by atoms with Gasteiger partial charge in [0.1, 0.15) is 11.5 Å². The molecule has 2 aliphatic heterocycles. The fraction of sp³-hybridized carbons (Fsp3) is 0.484. The van der Waals surface area contributed by atoms with Crippen LogP contribution in [0.15, 0.2) is 48.0 Å². The van der Waals surface area contributed by atoms with Gasteiger partial charge >= 0.3 is 0 Å². The van der Waals surface area contributed by atoms with Crippen molar-refractivity contribution in [1.82, 2.24) is 9.80 Å². The fourth-order valence-electron chi connectivity index (χ4n) is 5.07. The highest BCUT2D eigenvalue weighted by Gasteiger charge is 2.46. The fourth-order valence-corrected chi connectivity index (χ4v) is 5.07. The topological polar surface area (TPSA) is 97.8 Å². The van der Waals surface area contributed by atoms with Crippen molar-refractivity contribution in [2.24, 2.45) is 0 Å². The van der Waals surface area contributed by atoms with Gasteiger partial charge in [0, 0.05) is 31.7 Å². The number of ether oxygens (including phenoxy) is 4. The lowest BCUT2D eigenvalue weighted by molar-refractivity contribution is -0.140. The standard InChI is InChI=1S/C31H40N2O7/c1-4-18-40-25-13-10-23(21-26(25)39-6-3)28-27(29(34)22-8-11-24(12-9-22)38-5-2)30(35)31(36)33(28)15-7-14-32-16-19-37-20-17-32/h8-13,21,28,34H,4-7,14-20H2,1-3H3/b29-27+. The van der Waals surface area contributed by atoms with Gasteiger partial charge in [0.15, 0.2) is 11.5 Å². The first-order chi connectivity index (χ1) is 19.5. The number of rotatable bonds is 13. The van der Waals surface area contributed by atoms with E-state index in [1.54, 1.807) is 35.2 Å². The zero-order valence-electron chi connectivity index (χ0n) is 23.7. The summed E-state index contributed by atoms with van der Waals surface area (Å²) >= 11 is 0. The molecule has 1 unspecified atom stereocenters. The summed E-state index contributed by atoms with van der Waals surface area (Å²) in [6.45, 7) is 11.5. The molecule has 2 aromatic carbocycles. The number of benzene rings is 2. The number of amides is 1. The second-order valence-electron chi connectivity index (χ2n) is 9.75. The normalized spacial score (nSPS) is 19.2. The number of aliphatic hydroxyl groups is 1. The van der Waals surface area contributed by atoms with Crippen LogP contribution in [0.1, 0.15) is 50.8 Å². The van der Waals surface area contributed by atoms with Crippen molar-refractivity contribution in [3.8, 4) is 17.2 Å². The Hall–Kier alpha value is -3.56. The number of Topliss-reactive ketones (excluding diaryl/α,β-unsaturated/α-hetero) is 1. The number of aliphatic hydroxyl groups excluding tert-OH is 1. The predicted molar refractivity (Wildman–Crippen MR) is 152 cm³/mol. The molecule has 0 aromatic heterocycles. The van der Waals surface area contributed by atoms with Crippen molar-refractivity contribution in [3.63, 3.8) is 0 Å². The highest BCUT2D eigenvalue weighted by atomic mass is 16.5. The number of nitrogens with zero attached hydrogens (tertiary/aromatic N) is 2. The molecule has 1 atom stereocenters. The molecule has 9 heteroatoms. The number of morpholine rings is 1. The second kappa shape index (κ2) is 14.2. The molecule has 40 heavy (non-hydrogen) atoms. The first kappa shape index (κ1) is 29.4. The molecular formula is C31H40N2O7. The van der Waals surface area contributed by atoms with E-state index in [0.29, 0.717) is 74.4 Å². The van der Waals surface area contributed by atoms with E-state index < -0.39 is 17.7 Å². The Kier molecular flexibility index (Phi) is 10.4. The van der Waals surface area contributed by atoms with Crippen LogP contribution >= 0.6 is 0 Å². The summed E-state index contributed by atoms with van der Waals surface area (Å²) in [6.07, 6.45) is 1.53. The maximum atomic E-state index is 13.5. The molecule has 0 radical (unpaired) electrons. The molecule has 1 amide bonds. The minimum Gasteiger partial charge on any atom is -0.507 e. The quantitative estimate of drug-likeness (QED) is 0.222. The van der Waals surface area contributed by atoms with Gasteiger partial charge in [0.2, 0.25) is 0 Å². The Balaban J connectivity index is 1.71. The Bertz CT molecular complexity index is 1190. The average molecular weight is 553 g/mol. The molecule has 2 aliphatic rings. The molecule has 2 fully saturated rings. The average Bonchev–Trinajstić information content (AvgIpc) is 3.22. The molecule has 216 valence electrons. The molecule has 2 saturated heterocycles. The van der Waals surface area contributed by atoms with Gasteiger partial charge in [-0.05, 0) is 68.7 Å². The van der Waals surface area contributed by atoms with Crippen LogP contribution in [0.2, 0.25) is 0 Å². The first-order valence-electron chi connectivity index (χ1n) is 14.2. The SMILES string of the molecule is CCCOc1ccc(C2/C(=C(\O)c3ccc(OCC)cc3)C(=O)C(=O)N2CCCN2CCOCC2)cc1OCC. The molecule has 2 aromatic rings. The molecular weight excluding hydrogens is 512 g/mol. The van der Waals surface area contributed by atoms with Gasteiger partial charge in [0.05, 0.1) is 44.6 Å². The van der Waals surface area contributed by atoms with E-state index in [4.69, 9.17) is 18.9 Å². The first-order valence-corrected chi connectivity index (χ1v) is 14.2. The highest BCUT2D eigenvalue weighted by Crippen LogP contribution is 2.42. The number of likely N-dealkylation sites (tertiary alicyclic amines) is 1. The number of hydrogen-bond donors (Lipinski definition) is 1. The number of carbonyl (C=O) groups excluding carboxylic acids is 2. The molecule has 1 N–H and O–H groups in total. The lowest BCUT2D eigenvalue weighted by Crippen LogP contribution is -2.39. The van der Waals surface area contributed by atoms with E-state index in [2.05, 4.69) is 4.90 Å². The summed E-state index contributed by atoms with van der Waals surface area (Å²) in [5.74, 6) is 0.252. The van der Waals surface area contributed by atoms with Crippen LogP contribution < -0.4 is 14.2 Å². The third kappa shape index (κ3) is 6.77. The van der Waals surface area contributed by atoms with Crippen LogP contribution in [0.25, 0.3) is 5.76 Å². The second-order valence-corrected chi connectivity index (χ2v) is 9.75. The minimum atomic E-state index is -0.768. The van der Waals surface area contributed by atoms with Crippen LogP contribution in [-0.4, -0.2) is 85.8 Å². The molecule has 0 aliphatic carbocycles. The van der Waals surface area contributed by atoms with E-state index in [1.165, 1.54) is 0 Å². The summed E-state index contributed by atoms with van der Waals surface area (Å²) in [4.78, 5) is 30.7.